The number of halogens is 1. The fourth-order valence-electron chi connectivity index (χ4n) is 4.71. The highest BCUT2D eigenvalue weighted by Crippen LogP contribution is 2.31. The number of alkyl carbamates (subject to hydrolysis) is 1. The molecule has 3 atom stereocenters. The van der Waals surface area contributed by atoms with Crippen LogP contribution >= 0.6 is 11.6 Å². The largest absolute Gasteiger partial charge is 0.444 e. The molecule has 2 N–H and O–H groups in total. The summed E-state index contributed by atoms with van der Waals surface area (Å²) in [7, 11) is 1.71. The van der Waals surface area contributed by atoms with E-state index < -0.39 is 11.7 Å². The predicted octanol–water partition coefficient (Wildman–Crippen LogP) is 4.56. The molecule has 2 amide bonds. The lowest BCUT2D eigenvalue weighted by molar-refractivity contribution is -0.125. The molecule has 1 saturated carbocycles. The average Bonchev–Trinajstić information content (AvgIpc) is 3.23. The Bertz CT molecular complexity index is 1040. The number of nitrogens with zero attached hydrogens (tertiary/aromatic N) is 3. The SMILES string of the molecule is C=N/C(=C\C(=C(/C)Cl)c1cnn2c1CCC(OC)C2)NC(=O)[C@H]1CCC[C@@H](NC(=O)OC(C)(C)C)C1. The average molecular weight is 520 g/mol. The molecular weight excluding hydrogens is 482 g/mol. The fraction of sp³-hybridized carbons (Fsp3) is 0.615. The molecular formula is C26H38ClN5O4. The Hall–Kier alpha value is -2.65. The molecule has 198 valence electrons. The predicted molar refractivity (Wildman–Crippen MR) is 141 cm³/mol. The number of ether oxygens (including phenoxy) is 2. The zero-order valence-corrected chi connectivity index (χ0v) is 22.7. The van der Waals surface area contributed by atoms with Gasteiger partial charge in [-0.05, 0) is 72.6 Å². The van der Waals surface area contributed by atoms with E-state index in [0.717, 1.165) is 48.9 Å². The van der Waals surface area contributed by atoms with Gasteiger partial charge in [0.25, 0.3) is 0 Å². The molecule has 0 spiro atoms. The molecule has 0 radical (unpaired) electrons. The van der Waals surface area contributed by atoms with Gasteiger partial charge in [0.1, 0.15) is 11.4 Å². The Morgan fingerprint density at radius 1 is 1.31 bits per heavy atom. The van der Waals surface area contributed by atoms with Crippen LogP contribution in [0.4, 0.5) is 4.79 Å². The van der Waals surface area contributed by atoms with Crippen LogP contribution in [0.3, 0.4) is 0 Å². The van der Waals surface area contributed by atoms with E-state index in [1.807, 2.05) is 25.5 Å². The number of amides is 2. The number of allylic oxidation sites excluding steroid dienone is 3. The number of fused-ring (bicyclic) bond motifs is 1. The van der Waals surface area contributed by atoms with Crippen molar-refractivity contribution in [3.63, 3.8) is 0 Å². The van der Waals surface area contributed by atoms with E-state index in [-0.39, 0.29) is 24.0 Å². The molecule has 36 heavy (non-hydrogen) atoms. The summed E-state index contributed by atoms with van der Waals surface area (Å²) in [5.74, 6) is -0.0955. The molecule has 1 aliphatic heterocycles. The van der Waals surface area contributed by atoms with Crippen LogP contribution in [0, 0.1) is 5.92 Å². The second-order valence-corrected chi connectivity index (χ2v) is 11.0. The Kier molecular flexibility index (Phi) is 9.35. The Morgan fingerprint density at radius 3 is 2.69 bits per heavy atom. The van der Waals surface area contributed by atoms with Gasteiger partial charge < -0.3 is 20.1 Å². The summed E-state index contributed by atoms with van der Waals surface area (Å²) in [6, 6.07) is -0.121. The van der Waals surface area contributed by atoms with E-state index in [1.54, 1.807) is 26.3 Å². The number of carbonyl (C=O) groups excluding carboxylic acids is 2. The van der Waals surface area contributed by atoms with Crippen LogP contribution in [0.5, 0.6) is 0 Å². The van der Waals surface area contributed by atoms with E-state index >= 15 is 0 Å². The van der Waals surface area contributed by atoms with Crippen molar-refractivity contribution in [2.24, 2.45) is 10.9 Å². The maximum Gasteiger partial charge on any atom is 0.407 e. The van der Waals surface area contributed by atoms with Crippen LogP contribution in [0.1, 0.15) is 71.1 Å². The zero-order valence-electron chi connectivity index (χ0n) is 21.9. The van der Waals surface area contributed by atoms with E-state index in [2.05, 4.69) is 27.4 Å². The van der Waals surface area contributed by atoms with E-state index in [1.165, 1.54) is 0 Å². The van der Waals surface area contributed by atoms with Crippen molar-refractivity contribution in [1.82, 2.24) is 20.4 Å². The lowest BCUT2D eigenvalue weighted by Gasteiger charge is -2.30. The van der Waals surface area contributed by atoms with Crippen LogP contribution in [0.15, 0.2) is 28.1 Å². The van der Waals surface area contributed by atoms with E-state index in [0.29, 0.717) is 23.8 Å². The second kappa shape index (κ2) is 12.1. The van der Waals surface area contributed by atoms with Crippen molar-refractivity contribution in [3.05, 3.63) is 34.4 Å². The zero-order chi connectivity index (χ0) is 26.5. The summed E-state index contributed by atoms with van der Waals surface area (Å²) >= 11 is 6.48. The maximum absolute atomic E-state index is 13.1. The second-order valence-electron chi connectivity index (χ2n) is 10.4. The van der Waals surface area contributed by atoms with Crippen molar-refractivity contribution in [2.75, 3.05) is 7.11 Å². The van der Waals surface area contributed by atoms with Gasteiger partial charge in [-0.25, -0.2) is 9.79 Å². The van der Waals surface area contributed by atoms with Crippen molar-refractivity contribution in [2.45, 2.75) is 90.5 Å². The van der Waals surface area contributed by atoms with E-state index in [4.69, 9.17) is 21.1 Å². The molecule has 1 fully saturated rings. The third-order valence-electron chi connectivity index (χ3n) is 6.49. The smallest absolute Gasteiger partial charge is 0.407 e. The fourth-order valence-corrected chi connectivity index (χ4v) is 4.87. The first-order valence-electron chi connectivity index (χ1n) is 12.4. The molecule has 1 aromatic rings. The number of rotatable bonds is 7. The highest BCUT2D eigenvalue weighted by atomic mass is 35.5. The van der Waals surface area contributed by atoms with Gasteiger partial charge in [0, 0.05) is 40.9 Å². The van der Waals surface area contributed by atoms with Gasteiger partial charge in [-0.1, -0.05) is 18.0 Å². The first kappa shape index (κ1) is 27.9. The number of hydrogen-bond donors (Lipinski definition) is 2. The monoisotopic (exact) mass is 519 g/mol. The molecule has 1 unspecified atom stereocenters. The van der Waals surface area contributed by atoms with Gasteiger partial charge in [0.15, 0.2) is 0 Å². The quantitative estimate of drug-likeness (QED) is 0.406. The summed E-state index contributed by atoms with van der Waals surface area (Å²) in [6.45, 7) is 11.6. The Labute approximate surface area is 218 Å². The molecule has 0 aromatic carbocycles. The molecule has 1 aliphatic carbocycles. The molecule has 10 heteroatoms. The van der Waals surface area contributed by atoms with Crippen LogP contribution in [-0.2, 0) is 27.2 Å². The molecule has 3 rings (SSSR count). The third kappa shape index (κ3) is 7.43. The van der Waals surface area contributed by atoms with Gasteiger partial charge in [0.05, 0.1) is 18.8 Å². The van der Waals surface area contributed by atoms with E-state index in [9.17, 15) is 9.59 Å². The van der Waals surface area contributed by atoms with Crippen LogP contribution in [-0.4, -0.2) is 53.4 Å². The first-order valence-corrected chi connectivity index (χ1v) is 12.8. The van der Waals surface area contributed by atoms with Crippen molar-refractivity contribution in [1.29, 1.82) is 0 Å². The number of methoxy groups -OCH3 is 1. The number of aromatic nitrogens is 2. The topological polar surface area (TPSA) is 107 Å². The normalized spacial score (nSPS) is 23.3. The number of aliphatic imine (C=N–C) groups is 1. The number of hydrogen-bond acceptors (Lipinski definition) is 6. The Balaban J connectivity index is 1.69. The number of carbonyl (C=O) groups is 2. The van der Waals surface area contributed by atoms with Crippen LogP contribution in [0.2, 0.25) is 0 Å². The Morgan fingerprint density at radius 2 is 2.06 bits per heavy atom. The van der Waals surface area contributed by atoms with Crippen molar-refractivity contribution < 1.29 is 19.1 Å². The van der Waals surface area contributed by atoms with Gasteiger partial charge >= 0.3 is 6.09 Å². The highest BCUT2D eigenvalue weighted by molar-refractivity contribution is 6.32. The van der Waals surface area contributed by atoms with Crippen molar-refractivity contribution in [3.8, 4) is 0 Å². The molecule has 2 aliphatic rings. The molecule has 1 aromatic heterocycles. The minimum absolute atomic E-state index is 0.121. The molecule has 0 saturated heterocycles. The third-order valence-corrected chi connectivity index (χ3v) is 6.70. The minimum atomic E-state index is -0.572. The highest BCUT2D eigenvalue weighted by Gasteiger charge is 2.30. The summed E-state index contributed by atoms with van der Waals surface area (Å²) in [5, 5.41) is 10.9. The molecule has 2 heterocycles. The standard InChI is InChI=1S/C26H38ClN5O4/c1-16(27)20(21-14-29-32-15-19(35-6)10-11-22(21)32)13-23(28-5)31-24(33)17-8-7-9-18(12-17)30-25(34)36-26(2,3)4/h13-14,17-19H,5,7-12,15H2,1-4,6H3,(H,30,34)(H,31,33)/b20-16-,23-13+/t17-,18+,19?/m0/s1. The summed E-state index contributed by atoms with van der Waals surface area (Å²) in [6.07, 6.45) is 7.83. The summed E-state index contributed by atoms with van der Waals surface area (Å²) in [5.41, 5.74) is 2.15. The first-order chi connectivity index (χ1) is 17.0. The lowest BCUT2D eigenvalue weighted by atomic mass is 9.85. The molecule has 0 bridgehead atoms. The van der Waals surface area contributed by atoms with Crippen LogP contribution in [0.25, 0.3) is 5.57 Å². The van der Waals surface area contributed by atoms with Gasteiger partial charge in [-0.15, -0.1) is 0 Å². The van der Waals surface area contributed by atoms with Gasteiger partial charge in [-0.2, -0.15) is 5.10 Å². The van der Waals surface area contributed by atoms with Gasteiger partial charge in [0.2, 0.25) is 5.91 Å². The lowest BCUT2D eigenvalue weighted by Crippen LogP contribution is -2.44. The summed E-state index contributed by atoms with van der Waals surface area (Å²) < 4.78 is 12.8. The van der Waals surface area contributed by atoms with Gasteiger partial charge in [-0.3, -0.25) is 9.48 Å². The molecule has 9 nitrogen and oxygen atoms in total. The van der Waals surface area contributed by atoms with Crippen molar-refractivity contribution >= 4 is 35.9 Å². The summed E-state index contributed by atoms with van der Waals surface area (Å²) in [4.78, 5) is 29.3. The van der Waals surface area contributed by atoms with Crippen LogP contribution < -0.4 is 10.6 Å². The number of nitrogens with one attached hydrogen (secondary N) is 2. The minimum Gasteiger partial charge on any atom is -0.444 e. The maximum atomic E-state index is 13.1.